The normalized spacial score (nSPS) is 11.1. The summed E-state index contributed by atoms with van der Waals surface area (Å²) in [5.74, 6) is -0.415. The van der Waals surface area contributed by atoms with Crippen LogP contribution in [0.1, 0.15) is 0 Å². The van der Waals surface area contributed by atoms with E-state index in [-0.39, 0.29) is 28.1 Å². The van der Waals surface area contributed by atoms with Crippen molar-refractivity contribution in [3.8, 4) is 5.75 Å². The summed E-state index contributed by atoms with van der Waals surface area (Å²) in [5.41, 5.74) is 5.60. The number of hydrogen-bond acceptors (Lipinski definition) is 5. The molecule has 9 heteroatoms. The average molecular weight is 375 g/mol. The van der Waals surface area contributed by atoms with Crippen LogP contribution in [0.4, 0.5) is 5.69 Å². The van der Waals surface area contributed by atoms with E-state index in [0.29, 0.717) is 10.7 Å². The number of carbonyl (C=O) groups is 1. The van der Waals surface area contributed by atoms with Crippen molar-refractivity contribution in [2.75, 3.05) is 11.9 Å². The molecule has 0 saturated heterocycles. The Morgan fingerprint density at radius 1 is 1.13 bits per heavy atom. The van der Waals surface area contributed by atoms with Crippen LogP contribution in [0.2, 0.25) is 10.0 Å². The third-order valence-corrected chi connectivity index (χ3v) is 4.48. The Bertz CT molecular complexity index is 823. The van der Waals surface area contributed by atoms with Crippen molar-refractivity contribution >= 4 is 44.9 Å². The Hall–Kier alpha value is -1.80. The zero-order valence-electron chi connectivity index (χ0n) is 11.6. The number of rotatable bonds is 5. The minimum atomic E-state index is -4.06. The first-order valence-corrected chi connectivity index (χ1v) is 8.48. The summed E-state index contributed by atoms with van der Waals surface area (Å²) in [5, 5.41) is 2.94. The van der Waals surface area contributed by atoms with Crippen LogP contribution in [-0.2, 0) is 14.9 Å². The van der Waals surface area contributed by atoms with Crippen molar-refractivity contribution in [1.82, 2.24) is 0 Å². The SMILES string of the molecule is NCC(=O)Nc1ccc(S(=O)(=O)Oc2ccc(Cl)cc2Cl)cc1. The molecule has 0 radical (unpaired) electrons. The zero-order chi connectivity index (χ0) is 17.0. The molecule has 0 aromatic heterocycles. The summed E-state index contributed by atoms with van der Waals surface area (Å²) in [6, 6.07) is 9.64. The maximum absolute atomic E-state index is 12.2. The summed E-state index contributed by atoms with van der Waals surface area (Å²) in [6.07, 6.45) is 0. The van der Waals surface area contributed by atoms with Crippen molar-refractivity contribution in [1.29, 1.82) is 0 Å². The van der Waals surface area contributed by atoms with E-state index in [1.807, 2.05) is 0 Å². The number of hydrogen-bond donors (Lipinski definition) is 2. The fourth-order valence-electron chi connectivity index (χ4n) is 1.63. The minimum absolute atomic E-state index is 0.0309. The molecule has 0 fully saturated rings. The molecule has 0 aliphatic carbocycles. The fraction of sp³-hybridized carbons (Fsp3) is 0.0714. The molecule has 0 aliphatic rings. The second kappa shape index (κ2) is 7.18. The summed E-state index contributed by atoms with van der Waals surface area (Å²) >= 11 is 11.6. The molecular weight excluding hydrogens is 363 g/mol. The maximum atomic E-state index is 12.2. The lowest BCUT2D eigenvalue weighted by molar-refractivity contribution is -0.114. The molecule has 0 unspecified atom stereocenters. The van der Waals surface area contributed by atoms with Gasteiger partial charge in [0.05, 0.1) is 11.6 Å². The van der Waals surface area contributed by atoms with Gasteiger partial charge in [-0.3, -0.25) is 4.79 Å². The standard InChI is InChI=1S/C14H12Cl2N2O4S/c15-9-1-6-13(12(16)7-9)22-23(20,21)11-4-2-10(3-5-11)18-14(19)8-17/h1-7H,8,17H2,(H,18,19). The topological polar surface area (TPSA) is 98.5 Å². The van der Waals surface area contributed by atoms with Crippen molar-refractivity contribution < 1.29 is 17.4 Å². The van der Waals surface area contributed by atoms with Crippen molar-refractivity contribution in [3.63, 3.8) is 0 Å². The molecule has 23 heavy (non-hydrogen) atoms. The Balaban J connectivity index is 2.20. The summed E-state index contributed by atoms with van der Waals surface area (Å²) < 4.78 is 29.4. The van der Waals surface area contributed by atoms with E-state index in [1.54, 1.807) is 0 Å². The predicted molar refractivity (Wildman–Crippen MR) is 88.4 cm³/mol. The highest BCUT2D eigenvalue weighted by molar-refractivity contribution is 7.87. The van der Waals surface area contributed by atoms with Crippen LogP contribution in [0.5, 0.6) is 5.75 Å². The first-order chi connectivity index (χ1) is 10.8. The van der Waals surface area contributed by atoms with Gasteiger partial charge in [0.1, 0.15) is 4.90 Å². The van der Waals surface area contributed by atoms with Gasteiger partial charge in [-0.05, 0) is 42.5 Å². The first-order valence-electron chi connectivity index (χ1n) is 6.31. The Kier molecular flexibility index (Phi) is 5.48. The third kappa shape index (κ3) is 4.59. The molecule has 0 aliphatic heterocycles. The molecule has 2 rings (SSSR count). The molecule has 122 valence electrons. The third-order valence-electron chi connectivity index (χ3n) is 2.71. The van der Waals surface area contributed by atoms with Crippen LogP contribution < -0.4 is 15.2 Å². The van der Waals surface area contributed by atoms with Crippen LogP contribution in [0.15, 0.2) is 47.4 Å². The van der Waals surface area contributed by atoms with Gasteiger partial charge in [0.2, 0.25) is 5.91 Å². The van der Waals surface area contributed by atoms with E-state index in [1.165, 1.54) is 42.5 Å². The molecular formula is C14H12Cl2N2O4S. The zero-order valence-corrected chi connectivity index (χ0v) is 14.0. The van der Waals surface area contributed by atoms with Gasteiger partial charge >= 0.3 is 10.1 Å². The van der Waals surface area contributed by atoms with Crippen molar-refractivity contribution in [2.45, 2.75) is 4.90 Å². The second-order valence-electron chi connectivity index (χ2n) is 4.39. The Morgan fingerprint density at radius 3 is 2.35 bits per heavy atom. The first kappa shape index (κ1) is 17.6. The number of amides is 1. The van der Waals surface area contributed by atoms with Gasteiger partial charge < -0.3 is 15.2 Å². The maximum Gasteiger partial charge on any atom is 0.339 e. The van der Waals surface area contributed by atoms with E-state index in [9.17, 15) is 13.2 Å². The molecule has 2 aromatic rings. The summed E-state index contributed by atoms with van der Waals surface area (Å²) in [4.78, 5) is 11.1. The molecule has 0 bridgehead atoms. The van der Waals surface area contributed by atoms with E-state index >= 15 is 0 Å². The number of halogens is 2. The van der Waals surface area contributed by atoms with Crippen molar-refractivity contribution in [3.05, 3.63) is 52.5 Å². The lowest BCUT2D eigenvalue weighted by Gasteiger charge is -2.09. The van der Waals surface area contributed by atoms with Gasteiger partial charge in [0, 0.05) is 10.7 Å². The minimum Gasteiger partial charge on any atom is -0.377 e. The van der Waals surface area contributed by atoms with E-state index in [0.717, 1.165) is 0 Å². The van der Waals surface area contributed by atoms with Gasteiger partial charge in [-0.25, -0.2) is 0 Å². The highest BCUT2D eigenvalue weighted by atomic mass is 35.5. The number of carbonyl (C=O) groups excluding carboxylic acids is 1. The summed E-state index contributed by atoms with van der Waals surface area (Å²) in [6.45, 7) is -0.168. The largest absolute Gasteiger partial charge is 0.377 e. The quantitative estimate of drug-likeness (QED) is 0.783. The van der Waals surface area contributed by atoms with Gasteiger partial charge in [-0.15, -0.1) is 0 Å². The molecule has 0 atom stereocenters. The molecule has 1 amide bonds. The van der Waals surface area contributed by atoms with Gasteiger partial charge in [0.25, 0.3) is 0 Å². The highest BCUT2D eigenvalue weighted by Gasteiger charge is 2.18. The van der Waals surface area contributed by atoms with E-state index < -0.39 is 10.1 Å². The number of benzene rings is 2. The van der Waals surface area contributed by atoms with Crippen LogP contribution >= 0.6 is 23.2 Å². The van der Waals surface area contributed by atoms with Gasteiger partial charge in [0.15, 0.2) is 5.75 Å². The molecule has 0 saturated carbocycles. The highest BCUT2D eigenvalue weighted by Crippen LogP contribution is 2.30. The summed E-state index contributed by atoms with van der Waals surface area (Å²) in [7, 11) is -4.06. The van der Waals surface area contributed by atoms with Gasteiger partial charge in [-0.1, -0.05) is 23.2 Å². The Morgan fingerprint density at radius 2 is 1.78 bits per heavy atom. The van der Waals surface area contributed by atoms with Crippen LogP contribution in [0.3, 0.4) is 0 Å². The number of nitrogens with one attached hydrogen (secondary N) is 1. The molecule has 0 spiro atoms. The molecule has 0 heterocycles. The number of nitrogens with two attached hydrogens (primary N) is 1. The van der Waals surface area contributed by atoms with Crippen LogP contribution in [0, 0.1) is 0 Å². The molecule has 2 aromatic carbocycles. The lowest BCUT2D eigenvalue weighted by Crippen LogP contribution is -2.21. The van der Waals surface area contributed by atoms with Crippen LogP contribution in [0.25, 0.3) is 0 Å². The average Bonchev–Trinajstić information content (AvgIpc) is 2.50. The predicted octanol–water partition coefficient (Wildman–Crippen LogP) is 2.66. The molecule has 6 nitrogen and oxygen atoms in total. The lowest BCUT2D eigenvalue weighted by atomic mass is 10.3. The van der Waals surface area contributed by atoms with Gasteiger partial charge in [-0.2, -0.15) is 8.42 Å². The van der Waals surface area contributed by atoms with E-state index in [2.05, 4.69) is 5.32 Å². The van der Waals surface area contributed by atoms with E-state index in [4.69, 9.17) is 33.1 Å². The second-order valence-corrected chi connectivity index (χ2v) is 6.78. The number of anilines is 1. The monoisotopic (exact) mass is 374 g/mol. The fourth-order valence-corrected chi connectivity index (χ4v) is 3.07. The Labute approximate surface area is 143 Å². The smallest absolute Gasteiger partial charge is 0.339 e. The molecule has 3 N–H and O–H groups in total. The van der Waals surface area contributed by atoms with Crippen LogP contribution in [-0.4, -0.2) is 20.9 Å². The van der Waals surface area contributed by atoms with Crippen molar-refractivity contribution in [2.24, 2.45) is 5.73 Å².